The Morgan fingerprint density at radius 2 is 2.00 bits per heavy atom. The summed E-state index contributed by atoms with van der Waals surface area (Å²) in [4.78, 5) is 32.2. The lowest BCUT2D eigenvalue weighted by atomic mass is 9.93. The van der Waals surface area contributed by atoms with Crippen LogP contribution in [-0.2, 0) is 9.59 Å². The quantitative estimate of drug-likeness (QED) is 0.443. The van der Waals surface area contributed by atoms with E-state index in [1.807, 2.05) is 19.1 Å². The van der Waals surface area contributed by atoms with E-state index in [9.17, 15) is 18.4 Å². The van der Waals surface area contributed by atoms with E-state index >= 15 is 0 Å². The third-order valence-corrected chi connectivity index (χ3v) is 7.12. The number of nitrogens with zero attached hydrogens (tertiary/aromatic N) is 3. The second-order valence-electron chi connectivity index (χ2n) is 9.13. The number of carbonyl (C=O) groups is 2. The lowest BCUT2D eigenvalue weighted by Gasteiger charge is -2.34. The number of benzene rings is 1. The predicted molar refractivity (Wildman–Crippen MR) is 132 cm³/mol. The second-order valence-corrected chi connectivity index (χ2v) is 9.54. The van der Waals surface area contributed by atoms with E-state index in [4.69, 9.17) is 11.6 Å². The third kappa shape index (κ3) is 4.51. The number of halogens is 3. The van der Waals surface area contributed by atoms with Gasteiger partial charge in [-0.3, -0.25) is 19.7 Å². The maximum Gasteiger partial charge on any atom is 0.247 e. The van der Waals surface area contributed by atoms with Crippen LogP contribution in [0.2, 0.25) is 5.02 Å². The summed E-state index contributed by atoms with van der Waals surface area (Å²) in [7, 11) is 0. The van der Waals surface area contributed by atoms with Crippen molar-refractivity contribution in [3.8, 4) is 11.1 Å². The SMILES string of the molecule is C[C@@H]1CCC[C@H](N2CCC(c3c(F)ccc(Cl)c3F)=CC2=O)c2cc(ccn2)-c2cn[nH]c2NC1=O. The molecular weight excluding hydrogens is 488 g/mol. The van der Waals surface area contributed by atoms with Crippen LogP contribution >= 0.6 is 11.6 Å². The molecule has 1 aromatic carbocycles. The minimum atomic E-state index is -0.868. The highest BCUT2D eigenvalue weighted by Crippen LogP contribution is 2.36. The number of pyridine rings is 1. The van der Waals surface area contributed by atoms with Crippen LogP contribution in [0.3, 0.4) is 0 Å². The smallest absolute Gasteiger partial charge is 0.247 e. The molecule has 186 valence electrons. The lowest BCUT2D eigenvalue weighted by molar-refractivity contribution is -0.129. The van der Waals surface area contributed by atoms with Crippen molar-refractivity contribution in [1.82, 2.24) is 20.1 Å². The molecular formula is C26H24ClF2N5O2. The van der Waals surface area contributed by atoms with Crippen molar-refractivity contribution in [1.29, 1.82) is 0 Å². The van der Waals surface area contributed by atoms with Crippen LogP contribution in [0.15, 0.2) is 42.7 Å². The van der Waals surface area contributed by atoms with Gasteiger partial charge in [-0.2, -0.15) is 5.10 Å². The van der Waals surface area contributed by atoms with Crippen LogP contribution in [0, 0.1) is 17.6 Å². The molecule has 7 nitrogen and oxygen atoms in total. The van der Waals surface area contributed by atoms with Crippen LogP contribution in [0.5, 0.6) is 0 Å². The average Bonchev–Trinajstić information content (AvgIpc) is 3.32. The van der Waals surface area contributed by atoms with Crippen molar-refractivity contribution >= 4 is 34.8 Å². The maximum atomic E-state index is 14.6. The molecule has 0 fully saturated rings. The fraction of sp³-hybridized carbons (Fsp3) is 0.308. The molecule has 2 amide bonds. The Hall–Kier alpha value is -3.59. The first-order valence-corrected chi connectivity index (χ1v) is 12.2. The molecule has 2 N–H and O–H groups in total. The molecule has 36 heavy (non-hydrogen) atoms. The van der Waals surface area contributed by atoms with Crippen LogP contribution in [-0.4, -0.2) is 38.4 Å². The Morgan fingerprint density at radius 1 is 1.17 bits per heavy atom. The molecule has 5 rings (SSSR count). The number of hydrogen-bond donors (Lipinski definition) is 2. The van der Waals surface area contributed by atoms with Gasteiger partial charge in [-0.25, -0.2) is 8.78 Å². The highest BCUT2D eigenvalue weighted by Gasteiger charge is 2.31. The number of amides is 2. The molecule has 0 spiro atoms. The molecule has 0 saturated carbocycles. The molecule has 4 heterocycles. The molecule has 2 aliphatic rings. The summed E-state index contributed by atoms with van der Waals surface area (Å²) >= 11 is 5.86. The summed E-state index contributed by atoms with van der Waals surface area (Å²) in [5, 5.41) is 9.64. The minimum absolute atomic E-state index is 0.112. The van der Waals surface area contributed by atoms with Crippen molar-refractivity contribution < 1.29 is 18.4 Å². The summed E-state index contributed by atoms with van der Waals surface area (Å²) in [6.45, 7) is 2.12. The minimum Gasteiger partial charge on any atom is -0.330 e. The molecule has 0 unspecified atom stereocenters. The number of anilines is 1. The molecule has 0 aliphatic carbocycles. The molecule has 10 heteroatoms. The number of rotatable bonds is 2. The number of nitrogens with one attached hydrogen (secondary N) is 2. The fourth-order valence-corrected chi connectivity index (χ4v) is 5.00. The van der Waals surface area contributed by atoms with E-state index in [1.165, 1.54) is 6.08 Å². The lowest BCUT2D eigenvalue weighted by Crippen LogP contribution is -2.38. The van der Waals surface area contributed by atoms with Crippen LogP contribution in [0.4, 0.5) is 14.6 Å². The summed E-state index contributed by atoms with van der Waals surface area (Å²) in [6.07, 6.45) is 6.73. The van der Waals surface area contributed by atoms with Gasteiger partial charge in [-0.15, -0.1) is 0 Å². The van der Waals surface area contributed by atoms with Gasteiger partial charge in [0.2, 0.25) is 11.8 Å². The predicted octanol–water partition coefficient (Wildman–Crippen LogP) is 5.52. The second kappa shape index (κ2) is 9.81. The summed E-state index contributed by atoms with van der Waals surface area (Å²) < 4.78 is 29.0. The fourth-order valence-electron chi connectivity index (χ4n) is 4.84. The van der Waals surface area contributed by atoms with Gasteiger partial charge >= 0.3 is 0 Å². The van der Waals surface area contributed by atoms with E-state index in [2.05, 4.69) is 20.5 Å². The van der Waals surface area contributed by atoms with Crippen molar-refractivity contribution in [2.45, 2.75) is 38.6 Å². The highest BCUT2D eigenvalue weighted by molar-refractivity contribution is 6.31. The average molecular weight is 512 g/mol. The highest BCUT2D eigenvalue weighted by atomic mass is 35.5. The Labute approximate surface area is 211 Å². The van der Waals surface area contributed by atoms with Crippen LogP contribution in [0.1, 0.15) is 49.9 Å². The normalized spacial score (nSPS) is 20.7. The van der Waals surface area contributed by atoms with E-state index in [0.717, 1.165) is 23.3 Å². The summed E-state index contributed by atoms with van der Waals surface area (Å²) in [6, 6.07) is 5.59. The largest absolute Gasteiger partial charge is 0.330 e. The van der Waals surface area contributed by atoms with Crippen molar-refractivity contribution in [3.05, 3.63) is 70.6 Å². The standard InChI is InChI=1S/C26H24ClF2N5O2/c1-14-3-2-4-21(20-11-15(7-9-30-20)17-13-31-33-25(17)32-26(14)36)34-10-8-16(12-22(34)35)23-19(28)6-5-18(27)24(23)29/h5-7,9,11-14,21H,2-4,8,10H2,1H3,(H2,31,32,33,36)/t14-,21+/m1/s1. The van der Waals surface area contributed by atoms with Gasteiger partial charge in [0, 0.05) is 30.3 Å². The topological polar surface area (TPSA) is 91.0 Å². The number of fused-ring (bicyclic) bond motifs is 4. The Balaban J connectivity index is 1.51. The molecule has 0 saturated heterocycles. The van der Waals surface area contributed by atoms with Gasteiger partial charge in [0.05, 0.1) is 28.5 Å². The van der Waals surface area contributed by atoms with Gasteiger partial charge in [0.15, 0.2) is 5.82 Å². The summed E-state index contributed by atoms with van der Waals surface area (Å²) in [5.41, 5.74) is 2.23. The van der Waals surface area contributed by atoms with Gasteiger partial charge in [0.25, 0.3) is 0 Å². The number of aromatic amines is 1. The maximum absolute atomic E-state index is 14.6. The number of carbonyl (C=O) groups excluding carboxylic acids is 2. The molecule has 2 bridgehead atoms. The zero-order valence-corrected chi connectivity index (χ0v) is 20.3. The van der Waals surface area contributed by atoms with E-state index in [0.29, 0.717) is 30.8 Å². The Bertz CT molecular complexity index is 1370. The van der Waals surface area contributed by atoms with E-state index < -0.39 is 11.6 Å². The van der Waals surface area contributed by atoms with Gasteiger partial charge in [-0.1, -0.05) is 24.9 Å². The van der Waals surface area contributed by atoms with Crippen molar-refractivity contribution in [3.63, 3.8) is 0 Å². The zero-order chi connectivity index (χ0) is 25.4. The van der Waals surface area contributed by atoms with Gasteiger partial charge in [-0.05, 0) is 54.7 Å². The van der Waals surface area contributed by atoms with Crippen molar-refractivity contribution in [2.75, 3.05) is 11.9 Å². The molecule has 2 aromatic heterocycles. The van der Waals surface area contributed by atoms with Crippen LogP contribution < -0.4 is 5.32 Å². The molecule has 3 aromatic rings. The third-order valence-electron chi connectivity index (χ3n) is 6.83. The number of aromatic nitrogens is 3. The molecule has 0 radical (unpaired) electrons. The number of H-pyrrole nitrogens is 1. The Kier molecular flexibility index (Phi) is 6.57. The van der Waals surface area contributed by atoms with Gasteiger partial charge < -0.3 is 10.2 Å². The first-order valence-electron chi connectivity index (χ1n) is 11.8. The van der Waals surface area contributed by atoms with E-state index in [1.54, 1.807) is 17.3 Å². The first-order chi connectivity index (χ1) is 17.3. The Morgan fingerprint density at radius 3 is 2.81 bits per heavy atom. The first kappa shape index (κ1) is 24.1. The van der Waals surface area contributed by atoms with Crippen LogP contribution in [0.25, 0.3) is 16.7 Å². The molecule has 2 aliphatic heterocycles. The zero-order valence-electron chi connectivity index (χ0n) is 19.5. The summed E-state index contributed by atoms with van der Waals surface area (Å²) in [5.74, 6) is -1.83. The number of hydrogen-bond acceptors (Lipinski definition) is 4. The molecule has 2 atom stereocenters. The van der Waals surface area contributed by atoms with E-state index in [-0.39, 0.29) is 52.9 Å². The van der Waals surface area contributed by atoms with Gasteiger partial charge in [0.1, 0.15) is 11.6 Å². The van der Waals surface area contributed by atoms with Crippen molar-refractivity contribution in [2.24, 2.45) is 5.92 Å². The monoisotopic (exact) mass is 511 g/mol.